The summed E-state index contributed by atoms with van der Waals surface area (Å²) in [5.74, 6) is 1.40. The Morgan fingerprint density at radius 2 is 1.60 bits per heavy atom. The van der Waals surface area contributed by atoms with E-state index in [9.17, 15) is 9.59 Å². The molecule has 0 saturated carbocycles. The van der Waals surface area contributed by atoms with Crippen LogP contribution in [-0.4, -0.2) is 36.9 Å². The molecule has 0 fully saturated rings. The van der Waals surface area contributed by atoms with Crippen LogP contribution in [0.3, 0.4) is 0 Å². The van der Waals surface area contributed by atoms with Gasteiger partial charge in [0.2, 0.25) is 5.75 Å². The van der Waals surface area contributed by atoms with Crippen molar-refractivity contribution in [1.29, 1.82) is 0 Å². The number of hydrogen-bond donors (Lipinski definition) is 2. The molecule has 2 heterocycles. The summed E-state index contributed by atoms with van der Waals surface area (Å²) >= 11 is 0. The van der Waals surface area contributed by atoms with Gasteiger partial charge in [-0.05, 0) is 41.7 Å². The number of aromatic amines is 1. The van der Waals surface area contributed by atoms with Gasteiger partial charge in [-0.2, -0.15) is 0 Å². The van der Waals surface area contributed by atoms with Crippen molar-refractivity contribution in [2.75, 3.05) is 26.6 Å². The summed E-state index contributed by atoms with van der Waals surface area (Å²) in [5, 5.41) is 6.62. The molecule has 0 unspecified atom stereocenters. The highest BCUT2D eigenvalue weighted by Crippen LogP contribution is 2.50. The van der Waals surface area contributed by atoms with E-state index in [-0.39, 0.29) is 16.8 Å². The molecule has 2 aliphatic rings. The van der Waals surface area contributed by atoms with E-state index in [1.165, 1.54) is 4.68 Å². The normalized spacial score (nSPS) is 18.4. The van der Waals surface area contributed by atoms with Gasteiger partial charge in [-0.1, -0.05) is 32.0 Å². The van der Waals surface area contributed by atoms with E-state index >= 15 is 0 Å². The fourth-order valence-corrected chi connectivity index (χ4v) is 5.25. The topological polar surface area (TPSA) is 94.6 Å². The molecular formula is C27H29N3O5. The predicted octanol–water partition coefficient (Wildman–Crippen LogP) is 4.39. The largest absolute Gasteiger partial charge is 0.493 e. The highest BCUT2D eigenvalue weighted by molar-refractivity contribution is 6.01. The van der Waals surface area contributed by atoms with Gasteiger partial charge in [0.1, 0.15) is 5.82 Å². The second kappa shape index (κ2) is 8.37. The Balaban J connectivity index is 1.78. The lowest BCUT2D eigenvalue weighted by molar-refractivity contribution is -0.118. The van der Waals surface area contributed by atoms with E-state index in [2.05, 4.69) is 24.3 Å². The van der Waals surface area contributed by atoms with Gasteiger partial charge < -0.3 is 19.5 Å². The molecular weight excluding hydrogens is 446 g/mol. The quantitative estimate of drug-likeness (QED) is 0.568. The summed E-state index contributed by atoms with van der Waals surface area (Å²) in [7, 11) is 4.64. The van der Waals surface area contributed by atoms with Crippen LogP contribution in [0, 0.1) is 5.41 Å². The van der Waals surface area contributed by atoms with Gasteiger partial charge >= 0.3 is 0 Å². The number of rotatable bonds is 5. The fraction of sp³-hybridized carbons (Fsp3) is 0.333. The first-order valence-electron chi connectivity index (χ1n) is 11.5. The zero-order valence-electron chi connectivity index (χ0n) is 20.5. The van der Waals surface area contributed by atoms with Crippen LogP contribution in [0.1, 0.15) is 43.7 Å². The van der Waals surface area contributed by atoms with E-state index in [4.69, 9.17) is 14.2 Å². The number of H-pyrrole nitrogens is 1. The number of Topliss-reactive ketones (excluding diaryl/α,β-unsaturated/α-hetero) is 1. The Kier molecular flexibility index (Phi) is 5.46. The molecule has 1 atom stereocenters. The number of aromatic nitrogens is 2. The highest BCUT2D eigenvalue weighted by Gasteiger charge is 2.43. The van der Waals surface area contributed by atoms with Crippen molar-refractivity contribution in [3.8, 4) is 22.9 Å². The van der Waals surface area contributed by atoms with Gasteiger partial charge in [-0.3, -0.25) is 14.7 Å². The molecule has 1 aliphatic carbocycles. The Morgan fingerprint density at radius 1 is 0.943 bits per heavy atom. The Bertz CT molecular complexity index is 1370. The lowest BCUT2D eigenvalue weighted by atomic mass is 9.69. The van der Waals surface area contributed by atoms with Gasteiger partial charge in [0.05, 0.1) is 32.6 Å². The molecule has 0 amide bonds. The molecule has 2 N–H and O–H groups in total. The second-order valence-electron chi connectivity index (χ2n) is 9.73. The number of carbonyl (C=O) groups is 1. The summed E-state index contributed by atoms with van der Waals surface area (Å²) in [6.45, 7) is 4.16. The zero-order valence-corrected chi connectivity index (χ0v) is 20.5. The molecule has 35 heavy (non-hydrogen) atoms. The SMILES string of the molecule is COc1cc([C@@H]2C3=C(CC(C)(C)CC3=O)Nc3[nH]n(-c4ccccc4)c(=O)c32)cc(OC)c1OC. The van der Waals surface area contributed by atoms with Crippen molar-refractivity contribution in [2.24, 2.45) is 5.41 Å². The van der Waals surface area contributed by atoms with Crippen molar-refractivity contribution in [3.05, 3.63) is 75.2 Å². The van der Waals surface area contributed by atoms with E-state index in [1.54, 1.807) is 21.3 Å². The van der Waals surface area contributed by atoms with Gasteiger partial charge in [0.15, 0.2) is 17.3 Å². The lowest BCUT2D eigenvalue weighted by Crippen LogP contribution is -2.35. The third-order valence-corrected chi connectivity index (χ3v) is 6.73. The van der Waals surface area contributed by atoms with E-state index < -0.39 is 5.92 Å². The van der Waals surface area contributed by atoms with Crippen molar-refractivity contribution in [2.45, 2.75) is 32.6 Å². The molecule has 0 radical (unpaired) electrons. The zero-order chi connectivity index (χ0) is 24.9. The van der Waals surface area contributed by atoms with Crippen LogP contribution in [0.15, 0.2) is 58.5 Å². The number of anilines is 1. The van der Waals surface area contributed by atoms with E-state index in [0.717, 1.165) is 11.3 Å². The summed E-state index contributed by atoms with van der Waals surface area (Å²) in [6.07, 6.45) is 1.09. The van der Waals surface area contributed by atoms with Crippen LogP contribution in [0.25, 0.3) is 5.69 Å². The first-order chi connectivity index (χ1) is 16.8. The monoisotopic (exact) mass is 475 g/mol. The minimum absolute atomic E-state index is 0.0278. The molecule has 0 bridgehead atoms. The molecule has 0 saturated heterocycles. The number of fused-ring (bicyclic) bond motifs is 1. The minimum atomic E-state index is -0.590. The first kappa shape index (κ1) is 22.8. The summed E-state index contributed by atoms with van der Waals surface area (Å²) in [4.78, 5) is 27.4. The number of ketones is 1. The fourth-order valence-electron chi connectivity index (χ4n) is 5.25. The summed E-state index contributed by atoms with van der Waals surface area (Å²) in [5.41, 5.74) is 2.95. The van der Waals surface area contributed by atoms with Crippen LogP contribution in [0.5, 0.6) is 17.2 Å². The van der Waals surface area contributed by atoms with E-state index in [0.29, 0.717) is 52.7 Å². The third-order valence-electron chi connectivity index (χ3n) is 6.73. The van der Waals surface area contributed by atoms with Crippen molar-refractivity contribution >= 4 is 11.6 Å². The standard InChI is InChI=1S/C27H29N3O5/c1-27(2)13-17-22(18(31)14-27)21(15-11-19(33-3)24(35-5)20(12-15)34-4)23-25(28-17)29-30(26(23)32)16-9-7-6-8-10-16/h6-12,21,28-29H,13-14H2,1-5H3/t21-/m1/s1. The number of nitrogens with one attached hydrogen (secondary N) is 2. The smallest absolute Gasteiger partial charge is 0.277 e. The number of ether oxygens (including phenoxy) is 3. The molecule has 8 nitrogen and oxygen atoms in total. The van der Waals surface area contributed by atoms with Gasteiger partial charge in [0.25, 0.3) is 5.56 Å². The van der Waals surface area contributed by atoms with Crippen LogP contribution < -0.4 is 25.1 Å². The molecule has 8 heteroatoms. The number of benzene rings is 2. The van der Waals surface area contributed by atoms with Gasteiger partial charge in [0, 0.05) is 23.6 Å². The van der Waals surface area contributed by atoms with Crippen LogP contribution in [-0.2, 0) is 4.79 Å². The maximum Gasteiger partial charge on any atom is 0.277 e. The van der Waals surface area contributed by atoms with Gasteiger partial charge in [-0.15, -0.1) is 0 Å². The lowest BCUT2D eigenvalue weighted by Gasteiger charge is -2.38. The number of methoxy groups -OCH3 is 3. The predicted molar refractivity (Wildman–Crippen MR) is 133 cm³/mol. The maximum absolute atomic E-state index is 13.8. The van der Waals surface area contributed by atoms with Crippen LogP contribution >= 0.6 is 0 Å². The van der Waals surface area contributed by atoms with Crippen molar-refractivity contribution in [1.82, 2.24) is 9.78 Å². The summed E-state index contributed by atoms with van der Waals surface area (Å²) in [6, 6.07) is 13.0. The number of carbonyl (C=O) groups excluding carboxylic acids is 1. The first-order valence-corrected chi connectivity index (χ1v) is 11.5. The number of hydrogen-bond acceptors (Lipinski definition) is 6. The maximum atomic E-state index is 13.8. The van der Waals surface area contributed by atoms with Crippen LogP contribution in [0.2, 0.25) is 0 Å². The highest BCUT2D eigenvalue weighted by atomic mass is 16.5. The number of allylic oxidation sites excluding steroid dienone is 2. The number of nitrogens with zero attached hydrogens (tertiary/aromatic N) is 1. The minimum Gasteiger partial charge on any atom is -0.493 e. The Hall–Kier alpha value is -3.94. The summed E-state index contributed by atoms with van der Waals surface area (Å²) < 4.78 is 18.2. The Labute approximate surface area is 203 Å². The van der Waals surface area contributed by atoms with Crippen LogP contribution in [0.4, 0.5) is 5.82 Å². The second-order valence-corrected chi connectivity index (χ2v) is 9.73. The molecule has 182 valence electrons. The molecule has 1 aromatic heterocycles. The molecule has 2 aromatic carbocycles. The van der Waals surface area contributed by atoms with E-state index in [1.807, 2.05) is 42.5 Å². The average molecular weight is 476 g/mol. The molecule has 5 rings (SSSR count). The third kappa shape index (κ3) is 3.69. The van der Waals surface area contributed by atoms with Crippen molar-refractivity contribution in [3.63, 3.8) is 0 Å². The van der Waals surface area contributed by atoms with Crippen molar-refractivity contribution < 1.29 is 19.0 Å². The molecule has 1 aliphatic heterocycles. The molecule has 3 aromatic rings. The number of para-hydroxylation sites is 1. The van der Waals surface area contributed by atoms with Gasteiger partial charge in [-0.25, -0.2) is 4.68 Å². The Morgan fingerprint density at radius 3 is 2.20 bits per heavy atom. The average Bonchev–Trinajstić information content (AvgIpc) is 3.17. The molecule has 0 spiro atoms.